The molecular formula is C26H25F3O. The number of methoxy groups -OCH3 is 1. The normalized spacial score (nSPS) is 11.2. The predicted molar refractivity (Wildman–Crippen MR) is 117 cm³/mol. The fourth-order valence-corrected chi connectivity index (χ4v) is 3.31. The van der Waals surface area contributed by atoms with Crippen molar-refractivity contribution in [3.63, 3.8) is 0 Å². The van der Waals surface area contributed by atoms with Gasteiger partial charge < -0.3 is 4.74 Å². The molecule has 3 rings (SSSR count). The summed E-state index contributed by atoms with van der Waals surface area (Å²) in [5.41, 5.74) is 3.07. The van der Waals surface area contributed by atoms with Gasteiger partial charge in [-0.1, -0.05) is 68.3 Å². The van der Waals surface area contributed by atoms with Gasteiger partial charge in [-0.05, 0) is 47.7 Å². The maximum absolute atomic E-state index is 14.4. The Labute approximate surface area is 175 Å². The van der Waals surface area contributed by atoms with E-state index in [1.54, 1.807) is 48.6 Å². The second-order valence-electron chi connectivity index (χ2n) is 7.21. The minimum atomic E-state index is -1.01. The van der Waals surface area contributed by atoms with E-state index in [2.05, 4.69) is 6.92 Å². The highest BCUT2D eigenvalue weighted by atomic mass is 19.2. The number of unbranched alkanes of at least 4 members (excludes halogenated alkanes) is 2. The van der Waals surface area contributed by atoms with E-state index < -0.39 is 11.6 Å². The van der Waals surface area contributed by atoms with E-state index in [-0.39, 0.29) is 17.1 Å². The molecule has 1 nitrogen and oxygen atoms in total. The van der Waals surface area contributed by atoms with Gasteiger partial charge in [-0.25, -0.2) is 8.78 Å². The van der Waals surface area contributed by atoms with Gasteiger partial charge in [0.15, 0.2) is 11.6 Å². The molecule has 4 heteroatoms. The zero-order valence-electron chi connectivity index (χ0n) is 17.2. The minimum absolute atomic E-state index is 0.130. The number of ether oxygens (including phenoxy) is 1. The summed E-state index contributed by atoms with van der Waals surface area (Å²) in [6, 6.07) is 15.2. The Bertz CT molecular complexity index is 1020. The second kappa shape index (κ2) is 10.1. The number of aryl methyl sites for hydroxylation is 1. The highest BCUT2D eigenvalue weighted by molar-refractivity contribution is 5.72. The van der Waals surface area contributed by atoms with Crippen LogP contribution in [0.25, 0.3) is 23.3 Å². The highest BCUT2D eigenvalue weighted by Gasteiger charge is 2.15. The Morgan fingerprint density at radius 1 is 0.833 bits per heavy atom. The molecular weight excluding hydrogens is 385 g/mol. The van der Waals surface area contributed by atoms with E-state index in [4.69, 9.17) is 4.74 Å². The fourth-order valence-electron chi connectivity index (χ4n) is 3.31. The van der Waals surface area contributed by atoms with Crippen molar-refractivity contribution in [3.8, 4) is 16.9 Å². The molecule has 0 unspecified atom stereocenters. The van der Waals surface area contributed by atoms with E-state index in [9.17, 15) is 13.2 Å². The van der Waals surface area contributed by atoms with Crippen LogP contribution < -0.4 is 4.74 Å². The lowest BCUT2D eigenvalue weighted by molar-refractivity contribution is 0.372. The van der Waals surface area contributed by atoms with E-state index in [1.807, 2.05) is 6.07 Å². The van der Waals surface area contributed by atoms with Crippen molar-refractivity contribution in [2.75, 3.05) is 7.11 Å². The fraction of sp³-hybridized carbons (Fsp3) is 0.231. The average molecular weight is 410 g/mol. The zero-order valence-corrected chi connectivity index (χ0v) is 17.2. The summed E-state index contributed by atoms with van der Waals surface area (Å²) >= 11 is 0. The topological polar surface area (TPSA) is 9.23 Å². The summed E-state index contributed by atoms with van der Waals surface area (Å²) in [5.74, 6) is -2.33. The SMILES string of the molecule is CCCCCc1ccc(C=Cc2ccc(-c3ccc(OC)c(F)c3F)cc2)c(F)c1. The quantitative estimate of drug-likeness (QED) is 0.273. The van der Waals surface area contributed by atoms with Gasteiger partial charge in [0.25, 0.3) is 0 Å². The third-order valence-corrected chi connectivity index (χ3v) is 5.08. The molecule has 0 amide bonds. The van der Waals surface area contributed by atoms with Gasteiger partial charge in [0, 0.05) is 11.1 Å². The average Bonchev–Trinajstić information content (AvgIpc) is 2.76. The maximum Gasteiger partial charge on any atom is 0.201 e. The van der Waals surface area contributed by atoms with Gasteiger partial charge in [0.1, 0.15) is 5.82 Å². The molecule has 30 heavy (non-hydrogen) atoms. The first-order valence-corrected chi connectivity index (χ1v) is 10.1. The monoisotopic (exact) mass is 410 g/mol. The zero-order chi connectivity index (χ0) is 21.5. The lowest BCUT2D eigenvalue weighted by Crippen LogP contribution is -1.94. The Morgan fingerprint density at radius 3 is 2.27 bits per heavy atom. The van der Waals surface area contributed by atoms with Crippen LogP contribution >= 0.6 is 0 Å². The van der Waals surface area contributed by atoms with Crippen molar-refractivity contribution in [2.45, 2.75) is 32.6 Å². The van der Waals surface area contributed by atoms with Crippen LogP contribution in [0.4, 0.5) is 13.2 Å². The molecule has 3 aromatic carbocycles. The molecule has 0 N–H and O–H groups in total. The van der Waals surface area contributed by atoms with E-state index in [0.717, 1.165) is 36.8 Å². The van der Waals surface area contributed by atoms with Crippen LogP contribution in [0, 0.1) is 17.5 Å². The van der Waals surface area contributed by atoms with Crippen LogP contribution in [0.2, 0.25) is 0 Å². The van der Waals surface area contributed by atoms with Crippen molar-refractivity contribution in [2.24, 2.45) is 0 Å². The van der Waals surface area contributed by atoms with Crippen LogP contribution in [-0.2, 0) is 6.42 Å². The largest absolute Gasteiger partial charge is 0.494 e. The molecule has 156 valence electrons. The van der Waals surface area contributed by atoms with Crippen LogP contribution in [0.15, 0.2) is 54.6 Å². The minimum Gasteiger partial charge on any atom is -0.494 e. The maximum atomic E-state index is 14.4. The van der Waals surface area contributed by atoms with Crippen LogP contribution in [-0.4, -0.2) is 7.11 Å². The Morgan fingerprint density at radius 2 is 1.60 bits per heavy atom. The summed E-state index contributed by atoms with van der Waals surface area (Å²) in [6.45, 7) is 2.15. The number of hydrogen-bond acceptors (Lipinski definition) is 1. The second-order valence-corrected chi connectivity index (χ2v) is 7.21. The molecule has 0 aliphatic heterocycles. The molecule has 0 aliphatic rings. The van der Waals surface area contributed by atoms with Crippen molar-refractivity contribution in [1.82, 2.24) is 0 Å². The number of rotatable bonds is 8. The summed E-state index contributed by atoms with van der Waals surface area (Å²) < 4.78 is 47.4. The van der Waals surface area contributed by atoms with E-state index >= 15 is 0 Å². The van der Waals surface area contributed by atoms with Gasteiger partial charge in [-0.15, -0.1) is 0 Å². The van der Waals surface area contributed by atoms with Gasteiger partial charge in [0.2, 0.25) is 5.82 Å². The summed E-state index contributed by atoms with van der Waals surface area (Å²) in [7, 11) is 1.29. The lowest BCUT2D eigenvalue weighted by Gasteiger charge is -2.08. The predicted octanol–water partition coefficient (Wildman–Crippen LogP) is 7.68. The smallest absolute Gasteiger partial charge is 0.201 e. The summed E-state index contributed by atoms with van der Waals surface area (Å²) in [4.78, 5) is 0. The lowest BCUT2D eigenvalue weighted by atomic mass is 10.0. The number of halogens is 3. The van der Waals surface area contributed by atoms with Gasteiger partial charge in [0.05, 0.1) is 7.11 Å². The van der Waals surface area contributed by atoms with Gasteiger partial charge in [-0.2, -0.15) is 4.39 Å². The first kappa shape index (κ1) is 21.7. The molecule has 0 heterocycles. The van der Waals surface area contributed by atoms with E-state index in [0.29, 0.717) is 11.1 Å². The Kier molecular flexibility index (Phi) is 7.34. The molecule has 0 saturated heterocycles. The summed E-state index contributed by atoms with van der Waals surface area (Å²) in [5, 5.41) is 0. The highest BCUT2D eigenvalue weighted by Crippen LogP contribution is 2.30. The molecule has 0 spiro atoms. The van der Waals surface area contributed by atoms with Crippen molar-refractivity contribution in [3.05, 3.63) is 88.7 Å². The van der Waals surface area contributed by atoms with Crippen molar-refractivity contribution < 1.29 is 17.9 Å². The standard InChI is InChI=1S/C26H25F3O/c1-3-4-5-6-19-10-14-21(23(27)17-19)13-9-18-7-11-20(12-8-18)22-15-16-24(30-2)26(29)25(22)28/h7-17H,3-6H2,1-2H3. The van der Waals surface area contributed by atoms with Crippen LogP contribution in [0.1, 0.15) is 42.9 Å². The summed E-state index contributed by atoms with van der Waals surface area (Å²) in [6.07, 6.45) is 7.75. The molecule has 3 aromatic rings. The molecule has 0 saturated carbocycles. The van der Waals surface area contributed by atoms with Crippen molar-refractivity contribution in [1.29, 1.82) is 0 Å². The molecule has 0 bridgehead atoms. The van der Waals surface area contributed by atoms with Crippen LogP contribution in [0.3, 0.4) is 0 Å². The van der Waals surface area contributed by atoms with Gasteiger partial charge >= 0.3 is 0 Å². The molecule has 0 radical (unpaired) electrons. The number of hydrogen-bond donors (Lipinski definition) is 0. The van der Waals surface area contributed by atoms with Gasteiger partial charge in [-0.3, -0.25) is 0 Å². The Hall–Kier alpha value is -3.01. The number of benzene rings is 3. The molecule has 0 atom stereocenters. The third-order valence-electron chi connectivity index (χ3n) is 5.08. The third kappa shape index (κ3) is 5.12. The molecule has 0 fully saturated rings. The Balaban J connectivity index is 1.73. The van der Waals surface area contributed by atoms with Crippen LogP contribution in [0.5, 0.6) is 5.75 Å². The van der Waals surface area contributed by atoms with E-state index in [1.165, 1.54) is 19.2 Å². The molecule has 0 aliphatic carbocycles. The molecule has 0 aromatic heterocycles. The van der Waals surface area contributed by atoms with Crippen molar-refractivity contribution >= 4 is 12.2 Å². The first-order chi connectivity index (χ1) is 14.5. The first-order valence-electron chi connectivity index (χ1n) is 10.1.